The number of ether oxygens (including phenoxy) is 1. The average Bonchev–Trinajstić information content (AvgIpc) is 2.11. The highest BCUT2D eigenvalue weighted by atomic mass is 35.5. The fourth-order valence-corrected chi connectivity index (χ4v) is 0.871. The van der Waals surface area contributed by atoms with Gasteiger partial charge in [0.15, 0.2) is 0 Å². The Balaban J connectivity index is 2.59. The first-order valence-corrected chi connectivity index (χ1v) is 4.42. The molecule has 0 amide bonds. The van der Waals surface area contributed by atoms with Crippen LogP contribution in [0.4, 0.5) is 4.39 Å². The second-order valence-corrected chi connectivity index (χ2v) is 2.83. The third-order valence-corrected chi connectivity index (χ3v) is 1.60. The van der Waals surface area contributed by atoms with Crippen LogP contribution in [0.2, 0.25) is 5.28 Å². The van der Waals surface area contributed by atoms with E-state index in [1.807, 2.05) is 6.92 Å². The Morgan fingerprint density at radius 1 is 1.62 bits per heavy atom. The molecule has 0 atom stereocenters. The number of hydrogen-bond acceptors (Lipinski definition) is 3. The summed E-state index contributed by atoms with van der Waals surface area (Å²) in [4.78, 5) is 7.07. The number of unbranched alkanes of at least 4 members (excludes halogenated alkanes) is 1. The molecule has 3 nitrogen and oxygen atoms in total. The van der Waals surface area contributed by atoms with Crippen molar-refractivity contribution in [1.82, 2.24) is 9.97 Å². The van der Waals surface area contributed by atoms with Crippen LogP contribution in [0, 0.1) is 5.82 Å². The van der Waals surface area contributed by atoms with Gasteiger partial charge >= 0.3 is 0 Å². The summed E-state index contributed by atoms with van der Waals surface area (Å²) < 4.78 is 17.9. The van der Waals surface area contributed by atoms with Crippen LogP contribution in [0.3, 0.4) is 0 Å². The Kier molecular flexibility index (Phi) is 3.89. The third-order valence-electron chi connectivity index (χ3n) is 1.42. The van der Waals surface area contributed by atoms with Gasteiger partial charge in [0, 0.05) is 0 Å². The molecule has 0 aromatic carbocycles. The van der Waals surface area contributed by atoms with Gasteiger partial charge in [-0.25, -0.2) is 4.98 Å². The molecule has 1 aromatic rings. The maximum Gasteiger partial charge on any atom is 0.254 e. The smallest absolute Gasteiger partial charge is 0.254 e. The van der Waals surface area contributed by atoms with E-state index in [0.717, 1.165) is 19.0 Å². The number of halogens is 2. The molecule has 0 unspecified atom stereocenters. The van der Waals surface area contributed by atoms with E-state index in [0.29, 0.717) is 6.61 Å². The Labute approximate surface area is 80.9 Å². The number of nitrogens with zero attached hydrogens (tertiary/aromatic N) is 2. The van der Waals surface area contributed by atoms with Gasteiger partial charge in [0.1, 0.15) is 0 Å². The summed E-state index contributed by atoms with van der Waals surface area (Å²) in [6.07, 6.45) is 2.85. The first-order valence-electron chi connectivity index (χ1n) is 4.05. The van der Waals surface area contributed by atoms with Crippen molar-refractivity contribution in [3.63, 3.8) is 0 Å². The maximum atomic E-state index is 12.9. The lowest BCUT2D eigenvalue weighted by Gasteiger charge is -2.04. The van der Waals surface area contributed by atoms with Crippen LogP contribution in [0.5, 0.6) is 5.88 Å². The lowest BCUT2D eigenvalue weighted by atomic mass is 10.4. The first-order chi connectivity index (χ1) is 6.24. The van der Waals surface area contributed by atoms with Crippen molar-refractivity contribution in [2.45, 2.75) is 19.8 Å². The first kappa shape index (κ1) is 10.2. The fraction of sp³-hybridized carbons (Fsp3) is 0.500. The molecule has 1 aromatic heterocycles. The highest BCUT2D eigenvalue weighted by Gasteiger charge is 2.05. The van der Waals surface area contributed by atoms with Crippen molar-refractivity contribution < 1.29 is 9.13 Å². The van der Waals surface area contributed by atoms with Crippen molar-refractivity contribution in [2.75, 3.05) is 6.61 Å². The van der Waals surface area contributed by atoms with Gasteiger partial charge in [-0.2, -0.15) is 9.37 Å². The van der Waals surface area contributed by atoms with Crippen molar-refractivity contribution in [2.24, 2.45) is 0 Å². The molecule has 1 heterocycles. The zero-order valence-corrected chi connectivity index (χ0v) is 8.01. The molecular weight excluding hydrogens is 195 g/mol. The fourth-order valence-electron chi connectivity index (χ4n) is 0.746. The SMILES string of the molecule is CCCCOc1nc(Cl)ncc1F. The maximum absolute atomic E-state index is 12.9. The van der Waals surface area contributed by atoms with Crippen LogP contribution in [0.15, 0.2) is 6.20 Å². The van der Waals surface area contributed by atoms with Gasteiger partial charge in [-0.15, -0.1) is 0 Å². The second-order valence-electron chi connectivity index (χ2n) is 2.49. The van der Waals surface area contributed by atoms with Crippen LogP contribution >= 0.6 is 11.6 Å². The molecule has 0 radical (unpaired) electrons. The molecule has 0 aliphatic heterocycles. The Morgan fingerprint density at radius 2 is 2.38 bits per heavy atom. The van der Waals surface area contributed by atoms with Crippen LogP contribution in [0.1, 0.15) is 19.8 Å². The van der Waals surface area contributed by atoms with E-state index in [2.05, 4.69) is 9.97 Å². The highest BCUT2D eigenvalue weighted by Crippen LogP contribution is 2.14. The Hall–Kier alpha value is -0.900. The van der Waals surface area contributed by atoms with Gasteiger partial charge in [0.2, 0.25) is 11.1 Å². The van der Waals surface area contributed by atoms with E-state index in [-0.39, 0.29) is 11.2 Å². The van der Waals surface area contributed by atoms with Crippen molar-refractivity contribution in [1.29, 1.82) is 0 Å². The molecule has 1 rings (SSSR count). The van der Waals surface area contributed by atoms with E-state index in [1.54, 1.807) is 0 Å². The minimum absolute atomic E-state index is 0.00658. The molecule has 5 heteroatoms. The van der Waals surface area contributed by atoms with Gasteiger partial charge in [0.05, 0.1) is 12.8 Å². The molecule has 0 spiro atoms. The van der Waals surface area contributed by atoms with Crippen molar-refractivity contribution in [3.05, 3.63) is 17.3 Å². The summed E-state index contributed by atoms with van der Waals surface area (Å²) in [5, 5.41) is -0.00658. The largest absolute Gasteiger partial charge is 0.475 e. The molecule has 0 saturated carbocycles. The van der Waals surface area contributed by atoms with Crippen LogP contribution in [-0.2, 0) is 0 Å². The van der Waals surface area contributed by atoms with E-state index < -0.39 is 5.82 Å². The van der Waals surface area contributed by atoms with E-state index in [1.165, 1.54) is 0 Å². The topological polar surface area (TPSA) is 35.0 Å². The molecule has 0 bridgehead atoms. The molecule has 0 saturated heterocycles. The van der Waals surface area contributed by atoms with Crippen LogP contribution < -0.4 is 4.74 Å². The third kappa shape index (κ3) is 3.14. The molecule has 0 aliphatic carbocycles. The minimum Gasteiger partial charge on any atom is -0.475 e. The number of hydrogen-bond donors (Lipinski definition) is 0. The monoisotopic (exact) mass is 204 g/mol. The summed E-state index contributed by atoms with van der Waals surface area (Å²) in [6, 6.07) is 0. The Bertz CT molecular complexity index is 283. The predicted molar refractivity (Wildman–Crippen MR) is 47.4 cm³/mol. The summed E-state index contributed by atoms with van der Waals surface area (Å²) in [6.45, 7) is 2.47. The minimum atomic E-state index is -0.583. The second kappa shape index (κ2) is 4.97. The van der Waals surface area contributed by atoms with Gasteiger partial charge in [-0.3, -0.25) is 0 Å². The summed E-state index contributed by atoms with van der Waals surface area (Å²) in [5.74, 6) is -0.658. The number of rotatable bonds is 4. The zero-order chi connectivity index (χ0) is 9.68. The van der Waals surface area contributed by atoms with E-state index in [4.69, 9.17) is 16.3 Å². The normalized spacial score (nSPS) is 10.1. The highest BCUT2D eigenvalue weighted by molar-refractivity contribution is 6.28. The molecular formula is C8H10ClFN2O. The molecule has 0 N–H and O–H groups in total. The quantitative estimate of drug-likeness (QED) is 0.558. The van der Waals surface area contributed by atoms with Gasteiger partial charge < -0.3 is 4.74 Å². The van der Waals surface area contributed by atoms with Crippen molar-refractivity contribution >= 4 is 11.6 Å². The van der Waals surface area contributed by atoms with E-state index >= 15 is 0 Å². The Morgan fingerprint density at radius 3 is 3.08 bits per heavy atom. The summed E-state index contributed by atoms with van der Waals surface area (Å²) in [5.41, 5.74) is 0. The summed E-state index contributed by atoms with van der Waals surface area (Å²) >= 11 is 5.46. The molecule has 0 fully saturated rings. The molecule has 0 aliphatic rings. The standard InChI is InChI=1S/C8H10ClFN2O/c1-2-3-4-13-7-6(10)5-11-8(9)12-7/h5H,2-4H2,1H3. The van der Waals surface area contributed by atoms with Gasteiger partial charge in [-0.1, -0.05) is 13.3 Å². The molecule has 72 valence electrons. The lowest BCUT2D eigenvalue weighted by Crippen LogP contribution is -2.01. The van der Waals surface area contributed by atoms with Crippen LogP contribution in [0.25, 0.3) is 0 Å². The average molecular weight is 205 g/mol. The van der Waals surface area contributed by atoms with Gasteiger partial charge in [0.25, 0.3) is 5.88 Å². The van der Waals surface area contributed by atoms with Crippen molar-refractivity contribution in [3.8, 4) is 5.88 Å². The van der Waals surface area contributed by atoms with Gasteiger partial charge in [-0.05, 0) is 18.0 Å². The lowest BCUT2D eigenvalue weighted by molar-refractivity contribution is 0.281. The number of aromatic nitrogens is 2. The predicted octanol–water partition coefficient (Wildman–Crippen LogP) is 2.45. The summed E-state index contributed by atoms with van der Waals surface area (Å²) in [7, 11) is 0. The van der Waals surface area contributed by atoms with Crippen LogP contribution in [-0.4, -0.2) is 16.6 Å². The van der Waals surface area contributed by atoms with E-state index in [9.17, 15) is 4.39 Å². The zero-order valence-electron chi connectivity index (χ0n) is 7.26. The molecule has 13 heavy (non-hydrogen) atoms.